The van der Waals surface area contributed by atoms with Crippen LogP contribution in [0.2, 0.25) is 0 Å². The standard InChI is InChI=1S/C53H42N4O2/c1-3-17-45(38-20-9-5-10-21-38)56-53(39-22-11-6-12-23-39)55-35(2)42-27-16-29-48-50(42)44-32-36(30-31-47(44)58-48)33-49-51(43-26-13-14-28-46(43)59-49)57-52(54)41-25-15-24-40(34-41)37-18-7-4-8-19-37/h4-32,34H,3,33H2,1-2H3,(H2,54,57)/b45-17+,55-35?,56-53?. The van der Waals surface area contributed by atoms with Gasteiger partial charge in [-0.1, -0.05) is 153 Å². The summed E-state index contributed by atoms with van der Waals surface area (Å²) in [5, 5.41) is 2.90. The summed E-state index contributed by atoms with van der Waals surface area (Å²) in [5.41, 5.74) is 18.6. The molecule has 0 amide bonds. The quantitative estimate of drug-likeness (QED) is 0.111. The average Bonchev–Trinajstić information content (AvgIpc) is 3.84. The largest absolute Gasteiger partial charge is 0.458 e. The molecule has 0 aliphatic heterocycles. The van der Waals surface area contributed by atoms with Crippen molar-refractivity contribution < 1.29 is 8.83 Å². The fourth-order valence-corrected chi connectivity index (χ4v) is 7.57. The van der Waals surface area contributed by atoms with E-state index in [9.17, 15) is 0 Å². The Bertz CT molecular complexity index is 3060. The second kappa shape index (κ2) is 16.5. The summed E-state index contributed by atoms with van der Waals surface area (Å²) in [6, 6.07) is 59.3. The van der Waals surface area contributed by atoms with Gasteiger partial charge in [-0.25, -0.2) is 15.0 Å². The van der Waals surface area contributed by atoms with Crippen LogP contribution in [0.3, 0.4) is 0 Å². The van der Waals surface area contributed by atoms with E-state index in [1.54, 1.807) is 0 Å². The lowest BCUT2D eigenvalue weighted by molar-refractivity contribution is 0.564. The maximum Gasteiger partial charge on any atom is 0.160 e. The number of furan rings is 2. The molecule has 0 radical (unpaired) electrons. The number of fused-ring (bicyclic) bond motifs is 4. The lowest BCUT2D eigenvalue weighted by atomic mass is 10.0. The third-order valence-electron chi connectivity index (χ3n) is 10.5. The van der Waals surface area contributed by atoms with Crippen LogP contribution < -0.4 is 5.73 Å². The van der Waals surface area contributed by atoms with E-state index >= 15 is 0 Å². The summed E-state index contributed by atoms with van der Waals surface area (Å²) >= 11 is 0. The van der Waals surface area contributed by atoms with Crippen molar-refractivity contribution in [2.75, 3.05) is 0 Å². The van der Waals surface area contributed by atoms with E-state index in [1.165, 1.54) is 0 Å². The molecule has 7 aromatic carbocycles. The van der Waals surface area contributed by atoms with Crippen LogP contribution in [0.25, 0.3) is 49.7 Å². The first kappa shape index (κ1) is 37.0. The maximum atomic E-state index is 6.77. The number of rotatable bonds is 10. The van der Waals surface area contributed by atoms with Crippen LogP contribution in [0.1, 0.15) is 53.8 Å². The number of para-hydroxylation sites is 1. The van der Waals surface area contributed by atoms with Gasteiger partial charge in [-0.3, -0.25) is 0 Å². The number of hydrogen-bond acceptors (Lipinski definition) is 4. The van der Waals surface area contributed by atoms with Crippen molar-refractivity contribution in [3.05, 3.63) is 216 Å². The maximum absolute atomic E-state index is 6.77. The molecule has 0 atom stereocenters. The van der Waals surface area contributed by atoms with Gasteiger partial charge < -0.3 is 14.6 Å². The number of aliphatic imine (C=N–C) groups is 3. The van der Waals surface area contributed by atoms with Gasteiger partial charge in [0.05, 0.1) is 5.70 Å². The van der Waals surface area contributed by atoms with Gasteiger partial charge in [0.2, 0.25) is 0 Å². The zero-order valence-corrected chi connectivity index (χ0v) is 33.0. The van der Waals surface area contributed by atoms with E-state index in [2.05, 4.69) is 79.7 Å². The summed E-state index contributed by atoms with van der Waals surface area (Å²) < 4.78 is 13.0. The van der Waals surface area contributed by atoms with Crippen molar-refractivity contribution in [1.29, 1.82) is 0 Å². The Morgan fingerprint density at radius 3 is 2.00 bits per heavy atom. The molecule has 286 valence electrons. The second-order valence-electron chi connectivity index (χ2n) is 14.5. The molecule has 6 nitrogen and oxygen atoms in total. The summed E-state index contributed by atoms with van der Waals surface area (Å²) in [6.45, 7) is 4.16. The van der Waals surface area contributed by atoms with Crippen LogP contribution in [0.4, 0.5) is 5.69 Å². The number of nitrogens with zero attached hydrogens (tertiary/aromatic N) is 3. The molecule has 9 aromatic rings. The SMILES string of the molecule is CC/C=C(/N=C(N=C(C)c1cccc2oc3ccc(Cc4oc5ccccc5c4N=C(N)c4cccc(-c5ccccc5)c4)cc3c12)c1ccccc1)c1ccccc1. The topological polar surface area (TPSA) is 89.4 Å². The molecule has 0 saturated carbocycles. The number of amidine groups is 2. The Morgan fingerprint density at radius 1 is 0.576 bits per heavy atom. The van der Waals surface area contributed by atoms with Gasteiger partial charge in [0.25, 0.3) is 0 Å². The first-order valence-electron chi connectivity index (χ1n) is 19.9. The Morgan fingerprint density at radius 2 is 1.22 bits per heavy atom. The molecule has 0 aliphatic rings. The molecule has 2 aromatic heterocycles. The van der Waals surface area contributed by atoms with Crippen LogP contribution in [-0.2, 0) is 6.42 Å². The van der Waals surface area contributed by atoms with Crippen molar-refractivity contribution >= 4 is 61.7 Å². The zero-order valence-electron chi connectivity index (χ0n) is 33.0. The Hall–Kier alpha value is -7.57. The molecular formula is C53H42N4O2. The molecular weight excluding hydrogens is 725 g/mol. The van der Waals surface area contributed by atoms with Crippen LogP contribution in [0.5, 0.6) is 0 Å². The van der Waals surface area contributed by atoms with E-state index in [1.807, 2.05) is 116 Å². The lowest BCUT2D eigenvalue weighted by Gasteiger charge is -2.09. The summed E-state index contributed by atoms with van der Waals surface area (Å²) in [6.07, 6.45) is 3.49. The molecule has 0 bridgehead atoms. The van der Waals surface area contributed by atoms with Crippen LogP contribution in [0.15, 0.2) is 206 Å². The molecule has 0 spiro atoms. The number of nitrogens with two attached hydrogens (primary N) is 1. The molecule has 0 unspecified atom stereocenters. The molecule has 6 heteroatoms. The first-order chi connectivity index (χ1) is 29.0. The predicted molar refractivity (Wildman–Crippen MR) is 245 cm³/mol. The molecule has 59 heavy (non-hydrogen) atoms. The Kier molecular flexibility index (Phi) is 10.4. The summed E-state index contributed by atoms with van der Waals surface area (Å²) in [4.78, 5) is 15.5. The lowest BCUT2D eigenvalue weighted by Crippen LogP contribution is -2.12. The minimum atomic E-state index is 0.422. The predicted octanol–water partition coefficient (Wildman–Crippen LogP) is 13.3. The fourth-order valence-electron chi connectivity index (χ4n) is 7.57. The molecule has 0 aliphatic carbocycles. The van der Waals surface area contributed by atoms with Crippen molar-refractivity contribution in [3.8, 4) is 11.1 Å². The highest BCUT2D eigenvalue weighted by Crippen LogP contribution is 2.37. The molecule has 0 saturated heterocycles. The highest BCUT2D eigenvalue weighted by Gasteiger charge is 2.19. The summed E-state index contributed by atoms with van der Waals surface area (Å²) in [5.74, 6) is 1.79. The van der Waals surface area contributed by atoms with Crippen molar-refractivity contribution in [1.82, 2.24) is 0 Å². The van der Waals surface area contributed by atoms with Gasteiger partial charge in [0.1, 0.15) is 34.0 Å². The minimum Gasteiger partial charge on any atom is -0.458 e. The molecule has 9 rings (SSSR count). The number of hydrogen-bond donors (Lipinski definition) is 1. The average molecular weight is 767 g/mol. The monoisotopic (exact) mass is 766 g/mol. The van der Waals surface area contributed by atoms with Crippen molar-refractivity contribution in [2.45, 2.75) is 26.7 Å². The van der Waals surface area contributed by atoms with E-state index < -0.39 is 0 Å². The Labute approximate surface area is 343 Å². The van der Waals surface area contributed by atoms with E-state index in [0.29, 0.717) is 18.1 Å². The Balaban J connectivity index is 1.11. The third-order valence-corrected chi connectivity index (χ3v) is 10.5. The summed E-state index contributed by atoms with van der Waals surface area (Å²) in [7, 11) is 0. The fraction of sp³-hybridized carbons (Fsp3) is 0.0755. The molecule has 2 N–H and O–H groups in total. The molecule has 2 heterocycles. The van der Waals surface area contributed by atoms with Gasteiger partial charge in [-0.05, 0) is 72.0 Å². The van der Waals surface area contributed by atoms with Crippen LogP contribution in [0, 0.1) is 0 Å². The van der Waals surface area contributed by atoms with E-state index in [-0.39, 0.29) is 0 Å². The van der Waals surface area contributed by atoms with Gasteiger partial charge in [0.15, 0.2) is 5.84 Å². The van der Waals surface area contributed by atoms with Crippen molar-refractivity contribution in [3.63, 3.8) is 0 Å². The second-order valence-corrected chi connectivity index (χ2v) is 14.5. The number of allylic oxidation sites excluding steroid dienone is 1. The first-order valence-corrected chi connectivity index (χ1v) is 19.9. The van der Waals surface area contributed by atoms with Gasteiger partial charge >= 0.3 is 0 Å². The van der Waals surface area contributed by atoms with Gasteiger partial charge in [-0.2, -0.15) is 0 Å². The highest BCUT2D eigenvalue weighted by molar-refractivity contribution is 6.21. The third kappa shape index (κ3) is 7.76. The minimum absolute atomic E-state index is 0.422. The van der Waals surface area contributed by atoms with Gasteiger partial charge in [-0.15, -0.1) is 0 Å². The molecule has 0 fully saturated rings. The number of benzene rings is 7. The van der Waals surface area contributed by atoms with Crippen molar-refractivity contribution in [2.24, 2.45) is 20.7 Å². The zero-order chi connectivity index (χ0) is 40.1. The normalized spacial score (nSPS) is 12.8. The van der Waals surface area contributed by atoms with E-state index in [0.717, 1.165) is 101 Å². The van der Waals surface area contributed by atoms with Crippen LogP contribution >= 0.6 is 0 Å². The van der Waals surface area contributed by atoms with Crippen LogP contribution in [-0.4, -0.2) is 17.4 Å². The van der Waals surface area contributed by atoms with Gasteiger partial charge in [0, 0.05) is 45.0 Å². The smallest absolute Gasteiger partial charge is 0.160 e. The van der Waals surface area contributed by atoms with E-state index in [4.69, 9.17) is 29.5 Å². The highest BCUT2D eigenvalue weighted by atomic mass is 16.3.